The van der Waals surface area contributed by atoms with Gasteiger partial charge in [0.15, 0.2) is 0 Å². The molecule has 0 radical (unpaired) electrons. The average Bonchev–Trinajstić information content (AvgIpc) is 2.75. The van der Waals surface area contributed by atoms with Gasteiger partial charge < -0.3 is 14.5 Å². The van der Waals surface area contributed by atoms with Crippen LogP contribution in [0.25, 0.3) is 11.4 Å². The van der Waals surface area contributed by atoms with Crippen molar-refractivity contribution in [2.45, 2.75) is 26.4 Å². The van der Waals surface area contributed by atoms with E-state index in [2.05, 4.69) is 26.8 Å². The molecule has 1 aromatic carbocycles. The maximum absolute atomic E-state index is 12.6. The van der Waals surface area contributed by atoms with Crippen LogP contribution >= 0.6 is 0 Å². The van der Waals surface area contributed by atoms with Crippen LogP contribution < -0.4 is 15.0 Å². The first-order chi connectivity index (χ1) is 14.1. The molecule has 0 bridgehead atoms. The molecule has 150 valence electrons. The van der Waals surface area contributed by atoms with E-state index in [1.54, 1.807) is 26.6 Å². The first kappa shape index (κ1) is 19.1. The molecular formula is C21H23N5O3. The van der Waals surface area contributed by atoms with Gasteiger partial charge in [0.05, 0.1) is 25.5 Å². The molecule has 29 heavy (non-hydrogen) atoms. The highest BCUT2D eigenvalue weighted by Gasteiger charge is 2.23. The lowest BCUT2D eigenvalue weighted by Crippen LogP contribution is -2.35. The van der Waals surface area contributed by atoms with Crippen molar-refractivity contribution in [3.63, 3.8) is 0 Å². The van der Waals surface area contributed by atoms with E-state index in [-0.39, 0.29) is 5.56 Å². The Morgan fingerprint density at radius 1 is 1.17 bits per heavy atom. The minimum absolute atomic E-state index is 0.0910. The number of rotatable bonds is 5. The predicted molar refractivity (Wildman–Crippen MR) is 108 cm³/mol. The van der Waals surface area contributed by atoms with E-state index in [1.165, 1.54) is 6.33 Å². The number of hydrogen-bond donors (Lipinski definition) is 1. The summed E-state index contributed by atoms with van der Waals surface area (Å²) in [4.78, 5) is 30.4. The van der Waals surface area contributed by atoms with Crippen LogP contribution in [0.3, 0.4) is 0 Å². The Balaban J connectivity index is 1.62. The third-order valence-electron chi connectivity index (χ3n) is 5.23. The number of hydrogen-bond acceptors (Lipinski definition) is 7. The second-order valence-corrected chi connectivity index (χ2v) is 7.05. The number of aromatic nitrogens is 4. The fraction of sp³-hybridized carbons (Fsp3) is 0.333. The van der Waals surface area contributed by atoms with Crippen LogP contribution in [0.1, 0.15) is 22.4 Å². The number of nitrogens with zero attached hydrogens (tertiary/aromatic N) is 4. The van der Waals surface area contributed by atoms with Gasteiger partial charge in [0.25, 0.3) is 5.56 Å². The number of benzene rings is 1. The van der Waals surface area contributed by atoms with Crippen molar-refractivity contribution < 1.29 is 9.47 Å². The van der Waals surface area contributed by atoms with Crippen LogP contribution in [0.2, 0.25) is 0 Å². The van der Waals surface area contributed by atoms with Crippen molar-refractivity contribution in [2.24, 2.45) is 0 Å². The monoisotopic (exact) mass is 393 g/mol. The Bertz CT molecular complexity index is 1080. The summed E-state index contributed by atoms with van der Waals surface area (Å²) in [6.07, 6.45) is 5.39. The van der Waals surface area contributed by atoms with Crippen LogP contribution in [-0.2, 0) is 19.5 Å². The van der Waals surface area contributed by atoms with Crippen LogP contribution in [0, 0.1) is 6.92 Å². The molecule has 0 saturated heterocycles. The lowest BCUT2D eigenvalue weighted by Gasteiger charge is -2.29. The lowest BCUT2D eigenvalue weighted by atomic mass is 10.0. The van der Waals surface area contributed by atoms with Crippen molar-refractivity contribution >= 4 is 0 Å². The Kier molecular flexibility index (Phi) is 5.26. The normalized spacial score (nSPS) is 13.8. The van der Waals surface area contributed by atoms with Gasteiger partial charge in [0, 0.05) is 49.2 Å². The third kappa shape index (κ3) is 3.84. The largest absolute Gasteiger partial charge is 0.497 e. The summed E-state index contributed by atoms with van der Waals surface area (Å²) in [5.74, 6) is 2.07. The molecule has 0 aliphatic carbocycles. The van der Waals surface area contributed by atoms with E-state index >= 15 is 0 Å². The molecule has 1 aliphatic heterocycles. The zero-order valence-electron chi connectivity index (χ0n) is 16.7. The second-order valence-electron chi connectivity index (χ2n) is 7.05. The van der Waals surface area contributed by atoms with Crippen LogP contribution in [0.4, 0.5) is 0 Å². The van der Waals surface area contributed by atoms with Crippen LogP contribution in [-0.4, -0.2) is 45.6 Å². The number of aryl methyl sites for hydroxylation is 1. The number of ether oxygens (including phenoxy) is 2. The molecule has 3 heterocycles. The molecule has 0 atom stereocenters. The quantitative estimate of drug-likeness (QED) is 0.710. The van der Waals surface area contributed by atoms with E-state index in [1.807, 2.05) is 12.1 Å². The SMILES string of the molecule is COc1cc(C)c(CN2CCc3c(nc(-c4cncnc4)[nH]c3=O)C2)c(OC)c1. The molecule has 3 aromatic rings. The highest BCUT2D eigenvalue weighted by molar-refractivity contribution is 5.52. The molecule has 0 fully saturated rings. The Labute approximate surface area is 168 Å². The number of H-pyrrole nitrogens is 1. The molecule has 1 aliphatic rings. The van der Waals surface area contributed by atoms with Gasteiger partial charge in [0.2, 0.25) is 0 Å². The van der Waals surface area contributed by atoms with E-state index in [0.717, 1.165) is 40.4 Å². The van der Waals surface area contributed by atoms with Crippen molar-refractivity contribution in [3.05, 3.63) is 63.6 Å². The number of aromatic amines is 1. The topological polar surface area (TPSA) is 93.2 Å². The molecule has 0 spiro atoms. The fourth-order valence-corrected chi connectivity index (χ4v) is 3.67. The van der Waals surface area contributed by atoms with Gasteiger partial charge in [-0.25, -0.2) is 15.0 Å². The summed E-state index contributed by atoms with van der Waals surface area (Å²) < 4.78 is 10.9. The Hall–Kier alpha value is -3.26. The zero-order chi connectivity index (χ0) is 20.4. The summed E-state index contributed by atoms with van der Waals surface area (Å²) in [6, 6.07) is 3.91. The molecule has 0 amide bonds. The van der Waals surface area contributed by atoms with Crippen molar-refractivity contribution in [3.8, 4) is 22.9 Å². The van der Waals surface area contributed by atoms with Gasteiger partial charge >= 0.3 is 0 Å². The standard InChI is InChI=1S/C21H23N5O3/c1-13-6-15(28-2)7-19(29-3)17(13)10-26-5-4-16-18(11-26)24-20(25-21(16)27)14-8-22-12-23-9-14/h6-9,12H,4-5,10-11H2,1-3H3,(H,24,25,27). The van der Waals surface area contributed by atoms with Crippen molar-refractivity contribution in [1.82, 2.24) is 24.8 Å². The number of fused-ring (bicyclic) bond motifs is 1. The summed E-state index contributed by atoms with van der Waals surface area (Å²) >= 11 is 0. The molecule has 8 nitrogen and oxygen atoms in total. The van der Waals surface area contributed by atoms with E-state index in [9.17, 15) is 4.79 Å². The third-order valence-corrected chi connectivity index (χ3v) is 5.23. The molecular weight excluding hydrogens is 370 g/mol. The minimum atomic E-state index is -0.0910. The minimum Gasteiger partial charge on any atom is -0.497 e. The maximum atomic E-state index is 12.6. The van der Waals surface area contributed by atoms with Crippen molar-refractivity contribution in [2.75, 3.05) is 20.8 Å². The molecule has 0 unspecified atom stereocenters. The summed E-state index contributed by atoms with van der Waals surface area (Å²) in [5.41, 5.74) is 4.36. The molecule has 2 aromatic heterocycles. The second kappa shape index (κ2) is 8.00. The molecule has 0 saturated carbocycles. The van der Waals surface area contributed by atoms with Crippen LogP contribution in [0.15, 0.2) is 35.6 Å². The van der Waals surface area contributed by atoms with Gasteiger partial charge in [-0.05, 0) is 25.0 Å². The van der Waals surface area contributed by atoms with Gasteiger partial charge in [-0.3, -0.25) is 9.69 Å². The lowest BCUT2D eigenvalue weighted by molar-refractivity contribution is 0.236. The first-order valence-electron chi connectivity index (χ1n) is 9.40. The highest BCUT2D eigenvalue weighted by atomic mass is 16.5. The fourth-order valence-electron chi connectivity index (χ4n) is 3.67. The van der Waals surface area contributed by atoms with Gasteiger partial charge in [-0.1, -0.05) is 0 Å². The predicted octanol–water partition coefficient (Wildman–Crippen LogP) is 2.11. The zero-order valence-corrected chi connectivity index (χ0v) is 16.7. The van der Waals surface area contributed by atoms with Crippen molar-refractivity contribution in [1.29, 1.82) is 0 Å². The van der Waals surface area contributed by atoms with Gasteiger partial charge in [-0.15, -0.1) is 0 Å². The summed E-state index contributed by atoms with van der Waals surface area (Å²) in [5, 5.41) is 0. The van der Waals surface area contributed by atoms with Gasteiger partial charge in [-0.2, -0.15) is 0 Å². The average molecular weight is 393 g/mol. The molecule has 1 N–H and O–H groups in total. The number of nitrogens with one attached hydrogen (secondary N) is 1. The Morgan fingerprint density at radius 3 is 2.69 bits per heavy atom. The Morgan fingerprint density at radius 2 is 1.97 bits per heavy atom. The molecule has 4 rings (SSSR count). The first-order valence-corrected chi connectivity index (χ1v) is 9.40. The number of methoxy groups -OCH3 is 2. The van der Waals surface area contributed by atoms with E-state index < -0.39 is 0 Å². The van der Waals surface area contributed by atoms with Crippen LogP contribution in [0.5, 0.6) is 11.5 Å². The molecule has 8 heteroatoms. The van der Waals surface area contributed by atoms with E-state index in [0.29, 0.717) is 30.9 Å². The summed E-state index contributed by atoms with van der Waals surface area (Å²) in [7, 11) is 3.31. The maximum Gasteiger partial charge on any atom is 0.254 e. The highest BCUT2D eigenvalue weighted by Crippen LogP contribution is 2.30. The van der Waals surface area contributed by atoms with Gasteiger partial charge in [0.1, 0.15) is 23.7 Å². The summed E-state index contributed by atoms with van der Waals surface area (Å²) in [6.45, 7) is 4.13. The van der Waals surface area contributed by atoms with E-state index in [4.69, 9.17) is 14.5 Å². The smallest absolute Gasteiger partial charge is 0.254 e.